The topological polar surface area (TPSA) is 257 Å². The molecule has 20 nitrogen and oxygen atoms in total. The molecule has 3 aliphatic rings. The Kier molecular flexibility index (Phi) is 15.2. The number of aromatic amines is 1. The zero-order valence-electron chi connectivity index (χ0n) is 39.6. The number of aromatic nitrogens is 6. The van der Waals surface area contributed by atoms with E-state index in [1.54, 1.807) is 72.8 Å². The number of hydrogen-bond acceptors (Lipinski definition) is 19. The van der Waals surface area contributed by atoms with Gasteiger partial charge in [-0.15, -0.1) is 0 Å². The molecule has 10 rings (SSSR count). The molecule has 0 radical (unpaired) electrons. The van der Waals surface area contributed by atoms with Gasteiger partial charge in [-0.3, -0.25) is 41.8 Å². The molecule has 0 saturated carbocycles. The number of benzene rings is 4. The van der Waals surface area contributed by atoms with E-state index in [1.807, 2.05) is 26.0 Å². The summed E-state index contributed by atoms with van der Waals surface area (Å²) >= 11 is 1.23. The Morgan fingerprint density at radius 3 is 1.89 bits per heavy atom. The van der Waals surface area contributed by atoms with Crippen LogP contribution < -0.4 is 21.7 Å². The fourth-order valence-electron chi connectivity index (χ4n) is 8.29. The van der Waals surface area contributed by atoms with Crippen molar-refractivity contribution in [3.05, 3.63) is 182 Å². The third kappa shape index (κ3) is 11.5. The van der Waals surface area contributed by atoms with Gasteiger partial charge in [-0.1, -0.05) is 83.9 Å². The smallest absolute Gasteiger partial charge is 0.390 e. The molecule has 3 saturated heterocycles. The number of carbonyl (C=O) groups is 2. The minimum atomic E-state index is -4.72. The van der Waals surface area contributed by atoms with Crippen LogP contribution in [-0.4, -0.2) is 90.8 Å². The summed E-state index contributed by atoms with van der Waals surface area (Å²) in [5.41, 5.74) is 8.66. The summed E-state index contributed by atoms with van der Waals surface area (Å²) in [6, 6.07) is 27.6. The van der Waals surface area contributed by atoms with Crippen molar-refractivity contribution >= 4 is 65.1 Å². The Hall–Kier alpha value is -6.17. The molecule has 26 heteroatoms. The van der Waals surface area contributed by atoms with E-state index in [9.17, 15) is 19.2 Å². The van der Waals surface area contributed by atoms with Gasteiger partial charge in [0.1, 0.15) is 42.0 Å². The van der Waals surface area contributed by atoms with Crippen LogP contribution in [0.25, 0.3) is 11.2 Å². The molecule has 7 aromatic rings. The number of esters is 1. The number of ketones is 1. The largest absolute Gasteiger partial charge is 0.423 e. The third-order valence-electron chi connectivity index (χ3n) is 12.3. The van der Waals surface area contributed by atoms with E-state index in [0.29, 0.717) is 50.6 Å². The molecule has 0 amide bonds. The highest BCUT2D eigenvalue weighted by Crippen LogP contribution is 2.67. The number of nitrogen functional groups attached to an aromatic ring is 1. The van der Waals surface area contributed by atoms with Crippen LogP contribution in [0.3, 0.4) is 0 Å². The lowest BCUT2D eigenvalue weighted by Gasteiger charge is -2.28. The average Bonchev–Trinajstić information content (AvgIpc) is 4.07. The third-order valence-corrected chi connectivity index (χ3v) is 19.7. The van der Waals surface area contributed by atoms with Crippen LogP contribution in [0.2, 0.25) is 0 Å². The molecule has 0 aliphatic carbocycles. The number of nitrogens with two attached hydrogens (primary N) is 1. The summed E-state index contributed by atoms with van der Waals surface area (Å²) in [4.78, 5) is 65.9. The minimum absolute atomic E-state index is 0.00544. The van der Waals surface area contributed by atoms with E-state index in [1.165, 1.54) is 23.0 Å². The molecule has 3 aliphatic heterocycles. The van der Waals surface area contributed by atoms with Crippen molar-refractivity contribution in [2.24, 2.45) is 0 Å². The number of rotatable bonds is 12. The summed E-state index contributed by atoms with van der Waals surface area (Å²) in [7, 11) is 0. The standard InChI is InChI=1S/C49H45F2N7O13P2S2/c1-27-3-11-31(12-4-27)41(60)32-15-7-29(8-16-32)23-75-73(64)66-22-36-42(39(51)46(69-36)58-26-55-40-44(52)53-25-54-45(40)58)70-72(63,65-21-35-38(50)43(71-73)47(68-35)57-20-19-37(59)56-49(57)62)74-24-30-9-17-34(18-10-30)67-48(61)33-13-5-28(2)6-14-33/h3-20,25-26,35-36,38-39,42-43,46-47H,21-24H2,1-2H3,(H2,52,53,54)(H,56,59,62)/t35-,36-,38-,39-,42-,43-,46-,47-,72?,73?/m1/s1. The summed E-state index contributed by atoms with van der Waals surface area (Å²) in [6.45, 7) is -7.26. The monoisotopic (exact) mass is 1100 g/mol. The molecule has 75 heavy (non-hydrogen) atoms. The number of fused-ring (bicyclic) bond motifs is 4. The zero-order valence-corrected chi connectivity index (χ0v) is 43.0. The maximum absolute atomic E-state index is 17.3. The predicted molar refractivity (Wildman–Crippen MR) is 272 cm³/mol. The first-order chi connectivity index (χ1) is 36.0. The Morgan fingerprint density at radius 1 is 0.707 bits per heavy atom. The van der Waals surface area contributed by atoms with E-state index in [0.717, 1.165) is 34.3 Å². The van der Waals surface area contributed by atoms with Crippen molar-refractivity contribution < 1.29 is 59.8 Å². The summed E-state index contributed by atoms with van der Waals surface area (Å²) in [6.07, 6.45) is -11.3. The Balaban J connectivity index is 0.960. The highest BCUT2D eigenvalue weighted by molar-refractivity contribution is 8.55. The molecular formula is C49H45F2N7O13P2S2. The molecule has 3 fully saturated rings. The van der Waals surface area contributed by atoms with Crippen LogP contribution in [0.1, 0.15) is 61.0 Å². The average molecular weight is 1100 g/mol. The summed E-state index contributed by atoms with van der Waals surface area (Å²) in [5, 5.41) is 0. The van der Waals surface area contributed by atoms with Crippen LogP contribution in [-0.2, 0) is 48.2 Å². The van der Waals surface area contributed by atoms with Gasteiger partial charge in [0.15, 0.2) is 42.0 Å². The fraction of sp³-hybridized carbons (Fsp3) is 0.286. The maximum Gasteiger partial charge on any atom is 0.390 e. The Labute approximate surface area is 433 Å². The number of carbonyl (C=O) groups excluding carboxylic acids is 2. The number of ether oxygens (including phenoxy) is 3. The lowest BCUT2D eigenvalue weighted by atomic mass is 10.0. The van der Waals surface area contributed by atoms with Gasteiger partial charge in [0.25, 0.3) is 5.56 Å². The van der Waals surface area contributed by atoms with Crippen LogP contribution >= 0.6 is 36.4 Å². The molecule has 390 valence electrons. The lowest BCUT2D eigenvalue weighted by Crippen LogP contribution is -2.37. The molecular weight excluding hydrogens is 1060 g/mol. The molecule has 10 atom stereocenters. The number of alkyl halides is 2. The van der Waals surface area contributed by atoms with Gasteiger partial charge < -0.3 is 19.9 Å². The number of nitrogens with zero attached hydrogens (tertiary/aromatic N) is 5. The highest BCUT2D eigenvalue weighted by atomic mass is 32.7. The number of hydrogen-bond donors (Lipinski definition) is 2. The number of imidazole rings is 1. The number of H-pyrrole nitrogens is 1. The highest BCUT2D eigenvalue weighted by Gasteiger charge is 2.55. The molecule has 2 bridgehead atoms. The molecule has 2 unspecified atom stereocenters. The lowest BCUT2D eigenvalue weighted by molar-refractivity contribution is -0.0589. The minimum Gasteiger partial charge on any atom is -0.423 e. The first-order valence-electron chi connectivity index (χ1n) is 23.1. The van der Waals surface area contributed by atoms with E-state index < -0.39 is 93.2 Å². The van der Waals surface area contributed by atoms with Crippen molar-refractivity contribution in [2.75, 3.05) is 18.9 Å². The van der Waals surface area contributed by atoms with Gasteiger partial charge in [0.2, 0.25) is 0 Å². The first kappa shape index (κ1) is 52.3. The molecule has 6 heterocycles. The van der Waals surface area contributed by atoms with Crippen molar-refractivity contribution in [3.8, 4) is 5.75 Å². The molecule has 3 N–H and O–H groups in total. The first-order valence-corrected chi connectivity index (χ1v) is 29.4. The Morgan fingerprint density at radius 2 is 1.27 bits per heavy atom. The van der Waals surface area contributed by atoms with E-state index in [2.05, 4.69) is 19.9 Å². The van der Waals surface area contributed by atoms with Gasteiger partial charge in [-0.2, -0.15) is 0 Å². The van der Waals surface area contributed by atoms with E-state index in [-0.39, 0.29) is 40.0 Å². The van der Waals surface area contributed by atoms with Gasteiger partial charge in [-0.05, 0) is 72.0 Å². The zero-order chi connectivity index (χ0) is 52.6. The number of nitrogens with one attached hydrogen (secondary N) is 1. The normalized spacial score (nSPS) is 26.9. The van der Waals surface area contributed by atoms with Crippen molar-refractivity contribution in [3.63, 3.8) is 0 Å². The number of anilines is 1. The SMILES string of the molecule is Cc1ccc(C(=O)Oc2ccc(CSP3(=O)OC[C@H]4O[C@@H](n5ccc(=O)[nH]c5=O)[C@H](OP(=O)(SCc5ccc(C(=O)c6ccc(C)cc6)cc5)OC[C@H]5O[C@@H](n6cnc7c(N)ncnc76)[C@H](F)[C@@H]5O3)[C@@H]4F)cc2)cc1. The van der Waals surface area contributed by atoms with Crippen LogP contribution in [0.4, 0.5) is 14.6 Å². The maximum atomic E-state index is 17.3. The van der Waals surface area contributed by atoms with Crippen molar-refractivity contribution in [1.82, 2.24) is 29.1 Å². The van der Waals surface area contributed by atoms with Crippen LogP contribution in [0.5, 0.6) is 5.75 Å². The van der Waals surface area contributed by atoms with Gasteiger partial charge >= 0.3 is 25.3 Å². The fourth-order valence-corrected chi connectivity index (χ4v) is 15.0. The van der Waals surface area contributed by atoms with Gasteiger partial charge in [0, 0.05) is 34.9 Å². The molecule has 4 aromatic carbocycles. The van der Waals surface area contributed by atoms with E-state index >= 15 is 17.9 Å². The summed E-state index contributed by atoms with van der Waals surface area (Å²) < 4.78 is 109. The second kappa shape index (κ2) is 21.8. The van der Waals surface area contributed by atoms with Gasteiger partial charge in [0.05, 0.1) is 25.1 Å². The number of halogens is 2. The second-order valence-corrected chi connectivity index (χ2v) is 25.6. The second-order valence-electron chi connectivity index (χ2n) is 17.6. The van der Waals surface area contributed by atoms with Crippen molar-refractivity contribution in [2.45, 2.75) is 74.6 Å². The quantitative estimate of drug-likeness (QED) is 0.0504. The Bertz CT molecular complexity index is 3470. The number of aryl methyl sites for hydroxylation is 2. The molecule has 0 spiro atoms. The van der Waals surface area contributed by atoms with Crippen LogP contribution in [0.15, 0.2) is 132 Å². The molecule has 3 aromatic heterocycles. The van der Waals surface area contributed by atoms with Gasteiger partial charge in [-0.25, -0.2) is 42.5 Å². The van der Waals surface area contributed by atoms with Crippen molar-refractivity contribution in [1.29, 1.82) is 0 Å². The van der Waals surface area contributed by atoms with Crippen LogP contribution in [0, 0.1) is 13.8 Å². The predicted octanol–water partition coefficient (Wildman–Crippen LogP) is 8.40. The summed E-state index contributed by atoms with van der Waals surface area (Å²) in [5.74, 6) is -0.827. The van der Waals surface area contributed by atoms with E-state index in [4.69, 9.17) is 38.0 Å².